The van der Waals surface area contributed by atoms with E-state index in [1.807, 2.05) is 35.1 Å². The number of nitrogens with two attached hydrogens (primary N) is 1. The molecule has 10 nitrogen and oxygen atoms in total. The lowest BCUT2D eigenvalue weighted by molar-refractivity contribution is 0.260. The third kappa shape index (κ3) is 6.00. The van der Waals surface area contributed by atoms with Gasteiger partial charge in [0, 0.05) is 79.6 Å². The van der Waals surface area contributed by atoms with Gasteiger partial charge in [0.05, 0.1) is 44.0 Å². The molecule has 0 unspecified atom stereocenters. The lowest BCUT2D eigenvalue weighted by Crippen LogP contribution is -2.47. The molecule has 1 aliphatic heterocycles. The Morgan fingerprint density at radius 2 is 1.82 bits per heavy atom. The Kier molecular flexibility index (Phi) is 10.2. The van der Waals surface area contributed by atoms with Gasteiger partial charge in [-0.2, -0.15) is 5.10 Å². The quantitative estimate of drug-likeness (QED) is 0.320. The molecule has 1 fully saturated rings. The van der Waals surface area contributed by atoms with E-state index in [4.69, 9.17) is 31.9 Å². The van der Waals surface area contributed by atoms with Crippen LogP contribution in [0.15, 0.2) is 42.9 Å². The van der Waals surface area contributed by atoms with Crippen LogP contribution in [0.25, 0.3) is 10.9 Å². The molecule has 206 valence electrons. The van der Waals surface area contributed by atoms with Crippen molar-refractivity contribution in [1.29, 1.82) is 0 Å². The Labute approximate surface area is 233 Å². The summed E-state index contributed by atoms with van der Waals surface area (Å²) in [6, 6.07) is 10.0. The maximum atomic E-state index is 6.38. The number of anilines is 1. The van der Waals surface area contributed by atoms with Crippen LogP contribution in [-0.2, 0) is 19.5 Å². The van der Waals surface area contributed by atoms with Crippen LogP contribution in [-0.4, -0.2) is 77.1 Å². The average molecular weight is 565 g/mol. The van der Waals surface area contributed by atoms with Crippen LogP contribution in [0, 0.1) is 0 Å². The van der Waals surface area contributed by atoms with E-state index in [-0.39, 0.29) is 17.9 Å². The zero-order chi connectivity index (χ0) is 25.1. The third-order valence-electron chi connectivity index (χ3n) is 6.87. The van der Waals surface area contributed by atoms with Crippen LogP contribution in [0.5, 0.6) is 11.5 Å². The minimum atomic E-state index is 0. The van der Waals surface area contributed by atoms with Crippen molar-refractivity contribution in [3.05, 3.63) is 64.8 Å². The fourth-order valence-corrected chi connectivity index (χ4v) is 5.17. The lowest BCUT2D eigenvalue weighted by Gasteiger charge is -2.37. The molecule has 0 aliphatic carbocycles. The first-order chi connectivity index (χ1) is 17.6. The molecule has 0 radical (unpaired) electrons. The number of nitrogens with zero attached hydrogens (tertiary/aromatic N) is 5. The number of benzene rings is 2. The molecule has 2 aromatic heterocycles. The Hall–Kier alpha value is -3.02. The fraction of sp³-hybridized carbons (Fsp3) is 0.385. The molecular weight excluding hydrogens is 529 g/mol. The number of imidazole rings is 1. The number of nitrogens with one attached hydrogen (secondary N) is 1. The fourth-order valence-electron chi connectivity index (χ4n) is 4.92. The number of ether oxygens (including phenoxy) is 2. The number of fused-ring (bicyclic) bond motifs is 1. The Morgan fingerprint density at radius 1 is 1.08 bits per heavy atom. The van der Waals surface area contributed by atoms with Crippen LogP contribution >= 0.6 is 24.0 Å². The van der Waals surface area contributed by atoms with Crippen LogP contribution in [0.1, 0.15) is 17.0 Å². The van der Waals surface area contributed by atoms with Gasteiger partial charge in [0.1, 0.15) is 0 Å². The van der Waals surface area contributed by atoms with Gasteiger partial charge in [-0.15, -0.1) is 12.4 Å². The molecule has 2 aromatic carbocycles. The zero-order valence-electron chi connectivity index (χ0n) is 21.6. The first kappa shape index (κ1) is 29.5. The number of piperazine rings is 1. The number of hydrogen-bond donors (Lipinski definition) is 2. The monoisotopic (exact) mass is 563 g/mol. The van der Waals surface area contributed by atoms with Crippen molar-refractivity contribution >= 4 is 40.6 Å². The molecule has 1 saturated heterocycles. The van der Waals surface area contributed by atoms with E-state index < -0.39 is 0 Å². The number of halogens is 2. The Morgan fingerprint density at radius 3 is 2.47 bits per heavy atom. The number of rotatable bonds is 9. The van der Waals surface area contributed by atoms with E-state index in [2.05, 4.69) is 25.8 Å². The van der Waals surface area contributed by atoms with Gasteiger partial charge in [0.15, 0.2) is 11.5 Å². The third-order valence-corrected chi connectivity index (χ3v) is 7.23. The standard InChI is InChI=1S/C26H32ClN7O2.ClH.H2O/c1-35-25-12-19-22(31-34(16-18-15-29-17-30-18)24(19)13-26(25)36-2)6-7-32-8-10-33(11-9-32)23-5-3-4-21(27)20(23)14-28;;/h3-5,12-13,15,17H,6-11,14,16,28H2,1-2H3,(H,29,30);1H;1H2. The summed E-state index contributed by atoms with van der Waals surface area (Å²) in [5, 5.41) is 6.80. The Balaban J connectivity index is 0.00000200. The second kappa shape index (κ2) is 13.2. The van der Waals surface area contributed by atoms with Crippen molar-refractivity contribution in [2.75, 3.05) is 51.8 Å². The van der Waals surface area contributed by atoms with Gasteiger partial charge in [-0.3, -0.25) is 9.58 Å². The molecular formula is C26H35Cl2N7O3. The number of hydrogen-bond acceptors (Lipinski definition) is 7. The largest absolute Gasteiger partial charge is 0.493 e. The highest BCUT2D eigenvalue weighted by Gasteiger charge is 2.21. The van der Waals surface area contributed by atoms with Gasteiger partial charge in [-0.1, -0.05) is 17.7 Å². The number of H-pyrrole nitrogens is 1. The SMILES string of the molecule is COc1cc2c(CCN3CCN(c4cccc(Cl)c4CN)CC3)nn(Cc3c[nH]cn3)c2cc1OC.Cl.O. The second-order valence-corrected chi connectivity index (χ2v) is 9.32. The van der Waals surface area contributed by atoms with Crippen molar-refractivity contribution in [2.24, 2.45) is 5.73 Å². The van der Waals surface area contributed by atoms with E-state index in [1.54, 1.807) is 20.5 Å². The molecule has 0 atom stereocenters. The molecule has 0 saturated carbocycles. The summed E-state index contributed by atoms with van der Waals surface area (Å²) in [7, 11) is 3.31. The molecule has 1 aliphatic rings. The first-order valence-corrected chi connectivity index (χ1v) is 12.5. The van der Waals surface area contributed by atoms with Gasteiger partial charge in [0.25, 0.3) is 0 Å². The topological polar surface area (TPSA) is 129 Å². The van der Waals surface area contributed by atoms with Crippen molar-refractivity contribution in [2.45, 2.75) is 19.5 Å². The summed E-state index contributed by atoms with van der Waals surface area (Å²) in [5.41, 5.74) is 11.1. The first-order valence-electron chi connectivity index (χ1n) is 12.1. The summed E-state index contributed by atoms with van der Waals surface area (Å²) >= 11 is 6.38. The van der Waals surface area contributed by atoms with Crippen molar-refractivity contribution in [1.82, 2.24) is 24.6 Å². The van der Waals surface area contributed by atoms with Crippen molar-refractivity contribution in [3.63, 3.8) is 0 Å². The smallest absolute Gasteiger partial charge is 0.162 e. The van der Waals surface area contributed by atoms with E-state index in [0.717, 1.165) is 77.7 Å². The molecule has 5 rings (SSSR count). The minimum absolute atomic E-state index is 0. The summed E-state index contributed by atoms with van der Waals surface area (Å²) < 4.78 is 13.1. The number of methoxy groups -OCH3 is 2. The number of aromatic amines is 1. The van der Waals surface area contributed by atoms with Crippen LogP contribution in [0.2, 0.25) is 5.02 Å². The molecule has 3 heterocycles. The highest BCUT2D eigenvalue weighted by Crippen LogP contribution is 2.34. The summed E-state index contributed by atoms with van der Waals surface area (Å²) in [5.74, 6) is 1.39. The van der Waals surface area contributed by atoms with Gasteiger partial charge < -0.3 is 30.6 Å². The molecule has 0 spiro atoms. The van der Waals surface area contributed by atoms with E-state index in [9.17, 15) is 0 Å². The maximum absolute atomic E-state index is 6.38. The minimum Gasteiger partial charge on any atom is -0.493 e. The van der Waals surface area contributed by atoms with E-state index in [1.165, 1.54) is 0 Å². The highest BCUT2D eigenvalue weighted by atomic mass is 35.5. The molecule has 4 aromatic rings. The average Bonchev–Trinajstić information content (AvgIpc) is 3.54. The molecule has 38 heavy (non-hydrogen) atoms. The molecule has 0 bridgehead atoms. The second-order valence-electron chi connectivity index (χ2n) is 8.91. The van der Waals surface area contributed by atoms with Gasteiger partial charge >= 0.3 is 0 Å². The van der Waals surface area contributed by atoms with Crippen molar-refractivity contribution < 1.29 is 14.9 Å². The van der Waals surface area contributed by atoms with E-state index >= 15 is 0 Å². The molecule has 5 N–H and O–H groups in total. The predicted molar refractivity (Wildman–Crippen MR) is 153 cm³/mol. The number of aromatic nitrogens is 4. The van der Waals surface area contributed by atoms with Gasteiger partial charge in [-0.05, 0) is 18.2 Å². The van der Waals surface area contributed by atoms with Crippen LogP contribution in [0.4, 0.5) is 5.69 Å². The lowest BCUT2D eigenvalue weighted by atomic mass is 10.1. The summed E-state index contributed by atoms with van der Waals surface area (Å²) in [6.45, 7) is 5.77. The van der Waals surface area contributed by atoms with E-state index in [0.29, 0.717) is 24.6 Å². The zero-order valence-corrected chi connectivity index (χ0v) is 23.2. The van der Waals surface area contributed by atoms with Gasteiger partial charge in [-0.25, -0.2) is 4.98 Å². The summed E-state index contributed by atoms with van der Waals surface area (Å²) in [6.07, 6.45) is 4.42. The van der Waals surface area contributed by atoms with Crippen molar-refractivity contribution in [3.8, 4) is 11.5 Å². The Bertz CT molecular complexity index is 1320. The molecule has 0 amide bonds. The molecule has 12 heteroatoms. The normalized spacial score (nSPS) is 13.7. The maximum Gasteiger partial charge on any atom is 0.162 e. The summed E-state index contributed by atoms with van der Waals surface area (Å²) in [4.78, 5) is 12.3. The van der Waals surface area contributed by atoms with Gasteiger partial charge in [0.2, 0.25) is 0 Å². The van der Waals surface area contributed by atoms with Crippen LogP contribution < -0.4 is 20.1 Å². The predicted octanol–water partition coefficient (Wildman–Crippen LogP) is 2.90. The van der Waals surface area contributed by atoms with Crippen LogP contribution in [0.3, 0.4) is 0 Å². The highest BCUT2D eigenvalue weighted by molar-refractivity contribution is 6.31.